The van der Waals surface area contributed by atoms with Gasteiger partial charge in [-0.2, -0.15) is 4.31 Å². The van der Waals surface area contributed by atoms with Crippen LogP contribution in [0.3, 0.4) is 0 Å². The van der Waals surface area contributed by atoms with Crippen molar-refractivity contribution in [2.24, 2.45) is 0 Å². The van der Waals surface area contributed by atoms with E-state index in [1.165, 1.54) is 4.31 Å². The molecule has 0 unspecified atom stereocenters. The van der Waals surface area contributed by atoms with Gasteiger partial charge in [-0.15, -0.1) is 0 Å². The minimum Gasteiger partial charge on any atom is -0.395 e. The molecule has 1 aliphatic heterocycles. The summed E-state index contributed by atoms with van der Waals surface area (Å²) in [7, 11) is -3.76. The van der Waals surface area contributed by atoms with Crippen LogP contribution in [0.15, 0.2) is 10.3 Å². The first-order chi connectivity index (χ1) is 9.86. The molecular formula is C10H16N4O5S2. The Balaban J connectivity index is 2.16. The van der Waals surface area contributed by atoms with E-state index in [9.17, 15) is 18.5 Å². The summed E-state index contributed by atoms with van der Waals surface area (Å²) in [5.41, 5.74) is 5.11. The van der Waals surface area contributed by atoms with Gasteiger partial charge in [0.2, 0.25) is 0 Å². The molecule has 0 aromatic carbocycles. The van der Waals surface area contributed by atoms with Crippen molar-refractivity contribution in [1.82, 2.24) is 9.21 Å². The van der Waals surface area contributed by atoms with Crippen LogP contribution in [0, 0.1) is 10.1 Å². The first kappa shape index (κ1) is 16.1. The second kappa shape index (κ2) is 6.23. The number of hydrogen-bond donors (Lipinski definition) is 2. The zero-order valence-corrected chi connectivity index (χ0v) is 12.8. The summed E-state index contributed by atoms with van der Waals surface area (Å²) in [6.07, 6.45) is 0. The van der Waals surface area contributed by atoms with Crippen molar-refractivity contribution in [2.75, 3.05) is 45.1 Å². The van der Waals surface area contributed by atoms with E-state index >= 15 is 0 Å². The molecule has 0 amide bonds. The highest BCUT2D eigenvalue weighted by molar-refractivity contribution is 7.91. The Kier molecular flexibility index (Phi) is 4.78. The molecule has 21 heavy (non-hydrogen) atoms. The molecule has 1 aromatic heterocycles. The molecule has 2 heterocycles. The van der Waals surface area contributed by atoms with Gasteiger partial charge < -0.3 is 10.8 Å². The number of nitrogens with two attached hydrogens (primary N) is 1. The number of nitrogen functional groups attached to an aromatic ring is 1. The third kappa shape index (κ3) is 3.32. The second-order valence-electron chi connectivity index (χ2n) is 4.54. The molecule has 1 aliphatic rings. The minimum absolute atomic E-state index is 0.0282. The maximum Gasteiger partial charge on any atom is 0.304 e. The van der Waals surface area contributed by atoms with E-state index in [2.05, 4.69) is 0 Å². The Morgan fingerprint density at radius 1 is 1.38 bits per heavy atom. The van der Waals surface area contributed by atoms with Crippen LogP contribution in [-0.2, 0) is 10.0 Å². The predicted molar refractivity (Wildman–Crippen MR) is 77.7 cm³/mol. The number of sulfonamides is 1. The van der Waals surface area contributed by atoms with Crippen molar-refractivity contribution in [1.29, 1.82) is 0 Å². The van der Waals surface area contributed by atoms with Crippen molar-refractivity contribution in [2.45, 2.75) is 4.21 Å². The van der Waals surface area contributed by atoms with Crippen molar-refractivity contribution in [3.05, 3.63) is 16.2 Å². The Bertz CT molecular complexity index is 621. The first-order valence-electron chi connectivity index (χ1n) is 6.23. The van der Waals surface area contributed by atoms with Crippen molar-refractivity contribution < 1.29 is 18.4 Å². The number of thiophene rings is 1. The van der Waals surface area contributed by atoms with Crippen LogP contribution >= 0.6 is 11.3 Å². The van der Waals surface area contributed by atoms with Crippen molar-refractivity contribution in [3.8, 4) is 0 Å². The maximum absolute atomic E-state index is 12.4. The van der Waals surface area contributed by atoms with Gasteiger partial charge in [0.05, 0.1) is 11.5 Å². The zero-order valence-electron chi connectivity index (χ0n) is 11.1. The summed E-state index contributed by atoms with van der Waals surface area (Å²) < 4.78 is 26.0. The molecule has 2 rings (SSSR count). The molecule has 0 radical (unpaired) electrons. The fourth-order valence-electron chi connectivity index (χ4n) is 2.10. The monoisotopic (exact) mass is 336 g/mol. The number of rotatable bonds is 5. The van der Waals surface area contributed by atoms with Crippen molar-refractivity contribution >= 4 is 32.0 Å². The third-order valence-electron chi connectivity index (χ3n) is 3.26. The van der Waals surface area contributed by atoms with Crippen LogP contribution < -0.4 is 5.73 Å². The van der Waals surface area contributed by atoms with Crippen LogP contribution in [0.1, 0.15) is 0 Å². The van der Waals surface area contributed by atoms with E-state index in [-0.39, 0.29) is 34.6 Å². The van der Waals surface area contributed by atoms with Crippen LogP contribution in [0.4, 0.5) is 10.7 Å². The number of hydrogen-bond acceptors (Lipinski definition) is 8. The zero-order chi connectivity index (χ0) is 15.6. The van der Waals surface area contributed by atoms with Gasteiger partial charge in [-0.3, -0.25) is 15.0 Å². The van der Waals surface area contributed by atoms with E-state index in [0.717, 1.165) is 6.07 Å². The van der Waals surface area contributed by atoms with Gasteiger partial charge >= 0.3 is 5.69 Å². The summed E-state index contributed by atoms with van der Waals surface area (Å²) in [4.78, 5) is 12.0. The molecule has 0 spiro atoms. The molecule has 118 valence electrons. The number of aliphatic hydroxyl groups is 1. The van der Waals surface area contributed by atoms with Gasteiger partial charge in [-0.1, -0.05) is 11.3 Å². The fraction of sp³-hybridized carbons (Fsp3) is 0.600. The van der Waals surface area contributed by atoms with Gasteiger partial charge in [0.15, 0.2) is 5.00 Å². The normalized spacial score (nSPS) is 18.0. The minimum atomic E-state index is -3.76. The fourth-order valence-corrected chi connectivity index (χ4v) is 4.90. The third-order valence-corrected chi connectivity index (χ3v) is 6.56. The molecular weight excluding hydrogens is 320 g/mol. The van der Waals surface area contributed by atoms with Crippen LogP contribution in [0.5, 0.6) is 0 Å². The summed E-state index contributed by atoms with van der Waals surface area (Å²) in [6, 6.07) is 1.01. The van der Waals surface area contributed by atoms with Gasteiger partial charge in [0.25, 0.3) is 10.0 Å². The maximum atomic E-state index is 12.4. The first-order valence-corrected chi connectivity index (χ1v) is 8.49. The van der Waals surface area contributed by atoms with E-state index in [1.54, 1.807) is 0 Å². The Morgan fingerprint density at radius 3 is 2.48 bits per heavy atom. The largest absolute Gasteiger partial charge is 0.395 e. The molecule has 0 aliphatic carbocycles. The summed E-state index contributed by atoms with van der Waals surface area (Å²) >= 11 is 0.707. The number of nitrogens with zero attached hydrogens (tertiary/aromatic N) is 3. The number of piperazine rings is 1. The number of nitro groups is 1. The second-order valence-corrected chi connectivity index (χ2v) is 7.79. The lowest BCUT2D eigenvalue weighted by molar-refractivity contribution is -0.383. The predicted octanol–water partition coefficient (Wildman–Crippen LogP) is -0.463. The highest BCUT2D eigenvalue weighted by Crippen LogP contribution is 2.35. The van der Waals surface area contributed by atoms with Gasteiger partial charge in [-0.25, -0.2) is 8.42 Å². The van der Waals surface area contributed by atoms with E-state index < -0.39 is 14.9 Å². The number of aliphatic hydroxyl groups excluding tert-OH is 1. The molecule has 0 bridgehead atoms. The van der Waals surface area contributed by atoms with Crippen LogP contribution in [-0.4, -0.2) is 67.0 Å². The molecule has 1 saturated heterocycles. The van der Waals surface area contributed by atoms with Gasteiger partial charge in [0, 0.05) is 38.8 Å². The van der Waals surface area contributed by atoms with Gasteiger partial charge in [0.1, 0.15) is 4.21 Å². The highest BCUT2D eigenvalue weighted by atomic mass is 32.2. The molecule has 3 N–H and O–H groups in total. The average Bonchev–Trinajstić information content (AvgIpc) is 2.83. The Labute approximate surface area is 125 Å². The Morgan fingerprint density at radius 2 is 2.00 bits per heavy atom. The quantitative estimate of drug-likeness (QED) is 0.549. The molecule has 0 saturated carbocycles. The Hall–Kier alpha value is -1.27. The SMILES string of the molecule is Nc1sc(S(=O)(=O)N2CCN(CCO)CC2)cc1[N+](=O)[O-]. The van der Waals surface area contributed by atoms with E-state index in [1.807, 2.05) is 4.90 Å². The summed E-state index contributed by atoms with van der Waals surface area (Å²) in [6.45, 7) is 2.14. The summed E-state index contributed by atoms with van der Waals surface area (Å²) in [5.74, 6) is 0. The lowest BCUT2D eigenvalue weighted by Crippen LogP contribution is -2.49. The van der Waals surface area contributed by atoms with Crippen molar-refractivity contribution in [3.63, 3.8) is 0 Å². The highest BCUT2D eigenvalue weighted by Gasteiger charge is 2.32. The molecule has 11 heteroatoms. The van der Waals surface area contributed by atoms with Crippen LogP contribution in [0.2, 0.25) is 0 Å². The molecule has 1 aromatic rings. The molecule has 9 nitrogen and oxygen atoms in total. The molecule has 1 fully saturated rings. The number of anilines is 1. The summed E-state index contributed by atoms with van der Waals surface area (Å²) in [5, 5.41) is 19.5. The van der Waals surface area contributed by atoms with E-state index in [0.29, 0.717) is 31.0 Å². The van der Waals surface area contributed by atoms with E-state index in [4.69, 9.17) is 10.8 Å². The lowest BCUT2D eigenvalue weighted by atomic mass is 10.4. The smallest absolute Gasteiger partial charge is 0.304 e. The topological polar surface area (TPSA) is 130 Å². The molecule has 0 atom stereocenters. The lowest BCUT2D eigenvalue weighted by Gasteiger charge is -2.33. The van der Waals surface area contributed by atoms with Crippen LogP contribution in [0.25, 0.3) is 0 Å². The average molecular weight is 336 g/mol. The van der Waals surface area contributed by atoms with Gasteiger partial charge in [-0.05, 0) is 0 Å². The number of β-amino-alcohol motifs (C(OH)–C–C–N with tert-alkyl or cyclic N) is 1. The standard InChI is InChI=1S/C10H16N4O5S2/c11-10-8(14(16)17)7-9(20-10)21(18,19)13-3-1-12(2-4-13)5-6-15/h7,15H,1-6,11H2.